The maximum Gasteiger partial charge on any atom is 0.231 e. The highest BCUT2D eigenvalue weighted by Gasteiger charge is 2.13. The van der Waals surface area contributed by atoms with E-state index in [2.05, 4.69) is 15.6 Å². The summed E-state index contributed by atoms with van der Waals surface area (Å²) < 4.78 is 29.3. The fourth-order valence-corrected chi connectivity index (χ4v) is 2.65. The Morgan fingerprint density at radius 3 is 2.69 bits per heavy atom. The fraction of sp³-hybridized carbons (Fsp3) is 0.316. The third-order valence-electron chi connectivity index (χ3n) is 4.04. The summed E-state index contributed by atoms with van der Waals surface area (Å²) in [5, 5.41) is 6.41. The van der Waals surface area contributed by atoms with Crippen LogP contribution in [0.2, 0.25) is 0 Å². The van der Waals surface area contributed by atoms with E-state index in [1.165, 1.54) is 13.2 Å². The van der Waals surface area contributed by atoms with Gasteiger partial charge in [0.1, 0.15) is 0 Å². The maximum absolute atomic E-state index is 13.7. The van der Waals surface area contributed by atoms with Crippen LogP contribution in [0.5, 0.6) is 17.2 Å². The molecule has 0 aliphatic carbocycles. The maximum atomic E-state index is 13.7. The molecular weight excluding hydrogens is 337 g/mol. The van der Waals surface area contributed by atoms with Crippen molar-refractivity contribution in [2.24, 2.45) is 4.99 Å². The van der Waals surface area contributed by atoms with E-state index in [4.69, 9.17) is 14.2 Å². The number of hydrogen-bond donors (Lipinski definition) is 2. The van der Waals surface area contributed by atoms with Crippen LogP contribution in [-0.2, 0) is 13.0 Å². The van der Waals surface area contributed by atoms with Gasteiger partial charge in [-0.25, -0.2) is 4.39 Å². The summed E-state index contributed by atoms with van der Waals surface area (Å²) >= 11 is 0. The lowest BCUT2D eigenvalue weighted by Crippen LogP contribution is -2.37. The smallest absolute Gasteiger partial charge is 0.231 e. The van der Waals surface area contributed by atoms with Crippen LogP contribution >= 0.6 is 0 Å². The number of guanidine groups is 1. The standard InChI is InChI=1S/C19H22FN3O3/c1-21-19(23-11-14-4-5-16(24-2)15(20)9-14)22-8-7-13-3-6-17-18(10-13)26-12-25-17/h3-6,9-10H,7-8,11-12H2,1-2H3,(H2,21,22,23). The number of nitrogens with one attached hydrogen (secondary N) is 2. The Hall–Kier alpha value is -2.96. The topological polar surface area (TPSA) is 64.1 Å². The molecule has 0 saturated carbocycles. The average molecular weight is 359 g/mol. The van der Waals surface area contributed by atoms with Crippen molar-refractivity contribution < 1.29 is 18.6 Å². The molecule has 3 rings (SSSR count). The Kier molecular flexibility index (Phi) is 5.78. The van der Waals surface area contributed by atoms with E-state index >= 15 is 0 Å². The SMILES string of the molecule is CN=C(NCCc1ccc2c(c1)OCO2)NCc1ccc(OC)c(F)c1. The predicted molar refractivity (Wildman–Crippen MR) is 97.4 cm³/mol. The van der Waals surface area contributed by atoms with E-state index in [9.17, 15) is 4.39 Å². The van der Waals surface area contributed by atoms with Gasteiger partial charge in [0.25, 0.3) is 0 Å². The molecule has 1 heterocycles. The highest BCUT2D eigenvalue weighted by Crippen LogP contribution is 2.32. The number of fused-ring (bicyclic) bond motifs is 1. The number of ether oxygens (including phenoxy) is 3. The van der Waals surface area contributed by atoms with Crippen LogP contribution in [0.25, 0.3) is 0 Å². The zero-order chi connectivity index (χ0) is 18.4. The molecule has 138 valence electrons. The third-order valence-corrected chi connectivity index (χ3v) is 4.04. The Labute approximate surface area is 152 Å². The van der Waals surface area contributed by atoms with Crippen LogP contribution in [0.4, 0.5) is 4.39 Å². The van der Waals surface area contributed by atoms with E-state index in [0.717, 1.165) is 29.0 Å². The third kappa shape index (κ3) is 4.36. The highest BCUT2D eigenvalue weighted by atomic mass is 19.1. The molecule has 1 aliphatic heterocycles. The first-order valence-corrected chi connectivity index (χ1v) is 8.35. The molecular formula is C19H22FN3O3. The molecule has 6 nitrogen and oxygen atoms in total. The van der Waals surface area contributed by atoms with Crippen molar-refractivity contribution in [3.05, 3.63) is 53.3 Å². The normalized spacial score (nSPS) is 12.8. The minimum absolute atomic E-state index is 0.236. The number of methoxy groups -OCH3 is 1. The highest BCUT2D eigenvalue weighted by molar-refractivity contribution is 5.79. The van der Waals surface area contributed by atoms with Crippen molar-refractivity contribution in [2.45, 2.75) is 13.0 Å². The zero-order valence-corrected chi connectivity index (χ0v) is 14.8. The zero-order valence-electron chi connectivity index (χ0n) is 14.8. The van der Waals surface area contributed by atoms with E-state index in [-0.39, 0.29) is 18.4 Å². The quantitative estimate of drug-likeness (QED) is 0.613. The summed E-state index contributed by atoms with van der Waals surface area (Å²) in [4.78, 5) is 4.18. The summed E-state index contributed by atoms with van der Waals surface area (Å²) in [5.41, 5.74) is 1.96. The van der Waals surface area contributed by atoms with Crippen molar-refractivity contribution in [2.75, 3.05) is 27.5 Å². The van der Waals surface area contributed by atoms with E-state index in [1.807, 2.05) is 24.3 Å². The summed E-state index contributed by atoms with van der Waals surface area (Å²) in [6.45, 7) is 1.44. The largest absolute Gasteiger partial charge is 0.494 e. The molecule has 0 unspecified atom stereocenters. The van der Waals surface area contributed by atoms with Crippen LogP contribution < -0.4 is 24.8 Å². The molecule has 2 N–H and O–H groups in total. The second kappa shape index (κ2) is 8.42. The molecule has 0 aromatic heterocycles. The number of nitrogens with zero attached hydrogens (tertiary/aromatic N) is 1. The molecule has 26 heavy (non-hydrogen) atoms. The summed E-state index contributed by atoms with van der Waals surface area (Å²) in [5.74, 6) is 2.08. The van der Waals surface area contributed by atoms with Crippen LogP contribution in [0, 0.1) is 5.82 Å². The monoisotopic (exact) mass is 359 g/mol. The molecule has 2 aromatic carbocycles. The Balaban J connectivity index is 1.47. The molecule has 0 bridgehead atoms. The van der Waals surface area contributed by atoms with Crippen LogP contribution in [0.15, 0.2) is 41.4 Å². The first kappa shape index (κ1) is 17.8. The molecule has 0 saturated heterocycles. The summed E-state index contributed by atoms with van der Waals surface area (Å²) in [7, 11) is 3.15. The van der Waals surface area contributed by atoms with Crippen molar-refractivity contribution in [1.82, 2.24) is 10.6 Å². The summed E-state index contributed by atoms with van der Waals surface area (Å²) in [6.07, 6.45) is 0.814. The molecule has 0 spiro atoms. The fourth-order valence-electron chi connectivity index (χ4n) is 2.65. The first-order valence-electron chi connectivity index (χ1n) is 8.35. The van der Waals surface area contributed by atoms with Crippen LogP contribution in [-0.4, -0.2) is 33.5 Å². The van der Waals surface area contributed by atoms with Gasteiger partial charge in [0, 0.05) is 20.1 Å². The van der Waals surface area contributed by atoms with Gasteiger partial charge in [-0.3, -0.25) is 4.99 Å². The van der Waals surface area contributed by atoms with E-state index < -0.39 is 0 Å². The Morgan fingerprint density at radius 2 is 1.92 bits per heavy atom. The molecule has 0 amide bonds. The lowest BCUT2D eigenvalue weighted by atomic mass is 10.1. The molecule has 1 aliphatic rings. The Bertz CT molecular complexity index is 796. The predicted octanol–water partition coefficient (Wildman–Crippen LogP) is 2.47. The number of hydrogen-bond acceptors (Lipinski definition) is 4. The van der Waals surface area contributed by atoms with Gasteiger partial charge in [-0.05, 0) is 41.8 Å². The Morgan fingerprint density at radius 1 is 1.12 bits per heavy atom. The lowest BCUT2D eigenvalue weighted by Gasteiger charge is -2.12. The second-order valence-corrected chi connectivity index (χ2v) is 5.76. The number of halogens is 1. The van der Waals surface area contributed by atoms with Gasteiger partial charge in [-0.2, -0.15) is 0 Å². The second-order valence-electron chi connectivity index (χ2n) is 5.76. The molecule has 2 aromatic rings. The van der Waals surface area contributed by atoms with Gasteiger partial charge >= 0.3 is 0 Å². The molecule has 0 atom stereocenters. The van der Waals surface area contributed by atoms with Gasteiger partial charge in [0.2, 0.25) is 6.79 Å². The molecule has 7 heteroatoms. The van der Waals surface area contributed by atoms with Gasteiger partial charge < -0.3 is 24.8 Å². The number of benzene rings is 2. The van der Waals surface area contributed by atoms with Crippen molar-refractivity contribution in [1.29, 1.82) is 0 Å². The van der Waals surface area contributed by atoms with Crippen molar-refractivity contribution in [3.8, 4) is 17.2 Å². The van der Waals surface area contributed by atoms with Crippen molar-refractivity contribution >= 4 is 5.96 Å². The minimum atomic E-state index is -0.377. The van der Waals surface area contributed by atoms with Crippen LogP contribution in [0.3, 0.4) is 0 Å². The van der Waals surface area contributed by atoms with Gasteiger partial charge in [0.05, 0.1) is 7.11 Å². The van der Waals surface area contributed by atoms with Crippen molar-refractivity contribution in [3.63, 3.8) is 0 Å². The first-order chi connectivity index (χ1) is 12.7. The minimum Gasteiger partial charge on any atom is -0.494 e. The average Bonchev–Trinajstić information content (AvgIpc) is 3.12. The van der Waals surface area contributed by atoms with E-state index in [1.54, 1.807) is 13.1 Å². The molecule has 0 fully saturated rings. The number of aliphatic imine (C=N–C) groups is 1. The van der Waals surface area contributed by atoms with Crippen LogP contribution in [0.1, 0.15) is 11.1 Å². The van der Waals surface area contributed by atoms with Gasteiger partial charge in [0.15, 0.2) is 29.0 Å². The van der Waals surface area contributed by atoms with Gasteiger partial charge in [-0.15, -0.1) is 0 Å². The van der Waals surface area contributed by atoms with E-state index in [0.29, 0.717) is 19.0 Å². The van der Waals surface area contributed by atoms with Gasteiger partial charge in [-0.1, -0.05) is 12.1 Å². The lowest BCUT2D eigenvalue weighted by molar-refractivity contribution is 0.174. The molecule has 0 radical (unpaired) electrons. The number of rotatable bonds is 6. The summed E-state index contributed by atoms with van der Waals surface area (Å²) in [6, 6.07) is 10.8.